The highest BCUT2D eigenvalue weighted by Gasteiger charge is 2.28. The normalized spacial score (nSPS) is 17.1. The van der Waals surface area contributed by atoms with Gasteiger partial charge in [-0.3, -0.25) is 0 Å². The summed E-state index contributed by atoms with van der Waals surface area (Å²) in [6, 6.07) is 2.37. The van der Waals surface area contributed by atoms with Gasteiger partial charge >= 0.3 is 5.97 Å². The van der Waals surface area contributed by atoms with E-state index in [1.165, 1.54) is 10.4 Å². The second-order valence-electron chi connectivity index (χ2n) is 4.09. The second-order valence-corrected chi connectivity index (χ2v) is 7.26. The maximum absolute atomic E-state index is 12.4. The number of sulfonamides is 1. The summed E-state index contributed by atoms with van der Waals surface area (Å²) in [5, 5.41) is 9.03. The zero-order valence-corrected chi connectivity index (χ0v) is 13.3. The standard InChI is InChI=1S/C11H11BrClNO5S/c12-9-6-7(5-8(10(9)13)11(15)16)20(17,18)14-1-3-19-4-2-14/h5-6H,1-4H2,(H,15,16). The van der Waals surface area contributed by atoms with Crippen LogP contribution in [0.2, 0.25) is 5.02 Å². The molecule has 1 aliphatic heterocycles. The SMILES string of the molecule is O=C(O)c1cc(S(=O)(=O)N2CCOCC2)cc(Br)c1Cl. The van der Waals surface area contributed by atoms with Gasteiger partial charge in [0, 0.05) is 17.6 Å². The van der Waals surface area contributed by atoms with Crippen molar-refractivity contribution in [2.75, 3.05) is 26.3 Å². The van der Waals surface area contributed by atoms with Crippen molar-refractivity contribution in [2.24, 2.45) is 0 Å². The molecule has 0 aromatic heterocycles. The van der Waals surface area contributed by atoms with Crippen molar-refractivity contribution >= 4 is 43.5 Å². The monoisotopic (exact) mass is 383 g/mol. The molecule has 9 heteroatoms. The molecule has 1 aromatic carbocycles. The zero-order chi connectivity index (χ0) is 14.9. The van der Waals surface area contributed by atoms with E-state index in [1.54, 1.807) is 0 Å². The van der Waals surface area contributed by atoms with E-state index in [2.05, 4.69) is 15.9 Å². The van der Waals surface area contributed by atoms with Crippen LogP contribution in [0.4, 0.5) is 0 Å². The van der Waals surface area contributed by atoms with Gasteiger partial charge < -0.3 is 9.84 Å². The third kappa shape index (κ3) is 2.99. The predicted octanol–water partition coefficient (Wildman–Crippen LogP) is 1.82. The number of morpholine rings is 1. The van der Waals surface area contributed by atoms with Gasteiger partial charge in [-0.25, -0.2) is 13.2 Å². The van der Waals surface area contributed by atoms with Gasteiger partial charge in [0.15, 0.2) is 0 Å². The van der Waals surface area contributed by atoms with E-state index in [4.69, 9.17) is 21.4 Å². The minimum atomic E-state index is -3.76. The van der Waals surface area contributed by atoms with Crippen molar-refractivity contribution < 1.29 is 23.1 Å². The molecule has 1 aromatic rings. The zero-order valence-electron chi connectivity index (χ0n) is 10.2. The predicted molar refractivity (Wildman–Crippen MR) is 75.7 cm³/mol. The van der Waals surface area contributed by atoms with Gasteiger partial charge in [-0.05, 0) is 28.1 Å². The molecule has 0 aliphatic carbocycles. The second kappa shape index (κ2) is 5.98. The van der Waals surface area contributed by atoms with Gasteiger partial charge in [-0.1, -0.05) is 11.6 Å². The quantitative estimate of drug-likeness (QED) is 0.859. The molecule has 0 amide bonds. The summed E-state index contributed by atoms with van der Waals surface area (Å²) in [5.41, 5.74) is -0.257. The highest BCUT2D eigenvalue weighted by Crippen LogP contribution is 2.31. The lowest BCUT2D eigenvalue weighted by atomic mass is 10.2. The molecule has 0 saturated carbocycles. The molecule has 1 fully saturated rings. The topological polar surface area (TPSA) is 83.9 Å². The fourth-order valence-electron chi connectivity index (χ4n) is 1.80. The Morgan fingerprint density at radius 2 is 1.95 bits per heavy atom. The molecule has 1 heterocycles. The number of carboxylic acids is 1. The molecule has 1 aliphatic rings. The minimum Gasteiger partial charge on any atom is -0.478 e. The Hall–Kier alpha value is -0.670. The first-order valence-corrected chi connectivity index (χ1v) is 8.25. The number of carbonyl (C=O) groups is 1. The summed E-state index contributed by atoms with van der Waals surface area (Å²) in [7, 11) is -3.76. The molecule has 110 valence electrons. The lowest BCUT2D eigenvalue weighted by Gasteiger charge is -2.26. The summed E-state index contributed by atoms with van der Waals surface area (Å²) in [5.74, 6) is -1.28. The number of hydrogen-bond donors (Lipinski definition) is 1. The van der Waals surface area contributed by atoms with E-state index in [0.29, 0.717) is 13.2 Å². The Morgan fingerprint density at radius 3 is 2.50 bits per heavy atom. The molecule has 20 heavy (non-hydrogen) atoms. The maximum Gasteiger partial charge on any atom is 0.337 e. The average molecular weight is 385 g/mol. The summed E-state index contributed by atoms with van der Waals surface area (Å²) >= 11 is 8.92. The number of aromatic carboxylic acids is 1. The maximum atomic E-state index is 12.4. The van der Waals surface area contributed by atoms with Gasteiger partial charge in [0.1, 0.15) is 0 Å². The fraction of sp³-hybridized carbons (Fsp3) is 0.364. The summed E-state index contributed by atoms with van der Waals surface area (Å²) in [4.78, 5) is 11.0. The van der Waals surface area contributed by atoms with E-state index >= 15 is 0 Å². The molecule has 6 nitrogen and oxygen atoms in total. The van der Waals surface area contributed by atoms with Crippen LogP contribution in [0.5, 0.6) is 0 Å². The van der Waals surface area contributed by atoms with Gasteiger partial charge in [0.05, 0.1) is 28.7 Å². The molecule has 0 radical (unpaired) electrons. The third-order valence-corrected chi connectivity index (χ3v) is 5.98. The summed E-state index contributed by atoms with van der Waals surface area (Å²) < 4.78 is 31.5. The van der Waals surface area contributed by atoms with Crippen LogP contribution in [0.15, 0.2) is 21.5 Å². The molecule has 0 unspecified atom stereocenters. The lowest BCUT2D eigenvalue weighted by molar-refractivity contribution is 0.0696. The van der Waals surface area contributed by atoms with Crippen LogP contribution in [0.1, 0.15) is 10.4 Å². The van der Waals surface area contributed by atoms with Crippen molar-refractivity contribution in [3.8, 4) is 0 Å². The Kier molecular flexibility index (Phi) is 4.70. The van der Waals surface area contributed by atoms with Crippen LogP contribution in [0, 0.1) is 0 Å². The first-order chi connectivity index (χ1) is 9.34. The average Bonchev–Trinajstić information content (AvgIpc) is 2.42. The minimum absolute atomic E-state index is 0.0292. The highest BCUT2D eigenvalue weighted by atomic mass is 79.9. The van der Waals surface area contributed by atoms with Crippen molar-refractivity contribution in [3.05, 3.63) is 27.2 Å². The molecule has 1 saturated heterocycles. The number of nitrogens with zero attached hydrogens (tertiary/aromatic N) is 1. The highest BCUT2D eigenvalue weighted by molar-refractivity contribution is 9.10. The molecule has 2 rings (SSSR count). The number of hydrogen-bond acceptors (Lipinski definition) is 4. The first-order valence-electron chi connectivity index (χ1n) is 5.64. The number of benzene rings is 1. The van der Waals surface area contributed by atoms with Crippen molar-refractivity contribution in [1.82, 2.24) is 4.31 Å². The van der Waals surface area contributed by atoms with Gasteiger partial charge in [0.25, 0.3) is 0 Å². The largest absolute Gasteiger partial charge is 0.478 e. The van der Waals surface area contributed by atoms with Gasteiger partial charge in [-0.15, -0.1) is 0 Å². The third-order valence-electron chi connectivity index (χ3n) is 2.84. The van der Waals surface area contributed by atoms with E-state index in [1.807, 2.05) is 0 Å². The summed E-state index contributed by atoms with van der Waals surface area (Å²) in [6.07, 6.45) is 0. The van der Waals surface area contributed by atoms with Crippen LogP contribution in [-0.2, 0) is 14.8 Å². The Labute approximate surface area is 129 Å². The number of ether oxygens (including phenoxy) is 1. The van der Waals surface area contributed by atoms with Crippen LogP contribution in [-0.4, -0.2) is 50.1 Å². The number of rotatable bonds is 3. The number of halogens is 2. The van der Waals surface area contributed by atoms with E-state index < -0.39 is 16.0 Å². The van der Waals surface area contributed by atoms with Crippen LogP contribution in [0.25, 0.3) is 0 Å². The molecule has 1 N–H and O–H groups in total. The molecular weight excluding hydrogens is 374 g/mol. The van der Waals surface area contributed by atoms with Crippen LogP contribution < -0.4 is 0 Å². The van der Waals surface area contributed by atoms with Gasteiger partial charge in [0.2, 0.25) is 10.0 Å². The smallest absolute Gasteiger partial charge is 0.337 e. The lowest BCUT2D eigenvalue weighted by Crippen LogP contribution is -2.40. The van der Waals surface area contributed by atoms with E-state index in [9.17, 15) is 13.2 Å². The molecular formula is C11H11BrClNO5S. The van der Waals surface area contributed by atoms with Gasteiger partial charge in [-0.2, -0.15) is 4.31 Å². The molecule has 0 bridgehead atoms. The van der Waals surface area contributed by atoms with Crippen LogP contribution in [0.3, 0.4) is 0 Å². The number of carboxylic acid groups (broad SMARTS) is 1. The van der Waals surface area contributed by atoms with Crippen molar-refractivity contribution in [2.45, 2.75) is 4.90 Å². The summed E-state index contributed by atoms with van der Waals surface area (Å²) in [6.45, 7) is 1.12. The first kappa shape index (κ1) is 15.7. The van der Waals surface area contributed by atoms with E-state index in [-0.39, 0.29) is 33.0 Å². The Bertz CT molecular complexity index is 642. The van der Waals surface area contributed by atoms with E-state index in [0.717, 1.165) is 6.07 Å². The van der Waals surface area contributed by atoms with Crippen molar-refractivity contribution in [3.63, 3.8) is 0 Å². The fourth-order valence-corrected chi connectivity index (χ4v) is 4.07. The Morgan fingerprint density at radius 1 is 1.35 bits per heavy atom. The molecule has 0 atom stereocenters. The molecule has 0 spiro atoms. The van der Waals surface area contributed by atoms with Crippen molar-refractivity contribution in [1.29, 1.82) is 0 Å². The van der Waals surface area contributed by atoms with Crippen LogP contribution >= 0.6 is 27.5 Å². The Balaban J connectivity index is 2.49.